The molecule has 2 aliphatic rings. The second kappa shape index (κ2) is 6.45. The van der Waals surface area contributed by atoms with Crippen LogP contribution in [0.2, 0.25) is 0 Å². The Bertz CT molecular complexity index is 1380. The first-order chi connectivity index (χ1) is 14.7. The van der Waals surface area contributed by atoms with E-state index in [1.54, 1.807) is 24.5 Å². The number of halogens is 1. The van der Waals surface area contributed by atoms with E-state index in [1.807, 2.05) is 6.92 Å². The van der Waals surface area contributed by atoms with Gasteiger partial charge in [-0.3, -0.25) is 4.79 Å². The fraction of sp³-hybridized carbons (Fsp3) is 0.348. The fourth-order valence-corrected chi connectivity index (χ4v) is 4.83. The van der Waals surface area contributed by atoms with Gasteiger partial charge in [0.2, 0.25) is 0 Å². The van der Waals surface area contributed by atoms with Crippen molar-refractivity contribution in [3.05, 3.63) is 61.7 Å². The van der Waals surface area contributed by atoms with E-state index in [9.17, 15) is 19.1 Å². The summed E-state index contributed by atoms with van der Waals surface area (Å²) in [6.07, 6.45) is 0.0669. The number of hydrogen-bond acceptors (Lipinski definition) is 6. The zero-order chi connectivity index (χ0) is 22.2. The van der Waals surface area contributed by atoms with Gasteiger partial charge in [-0.2, -0.15) is 0 Å². The van der Waals surface area contributed by atoms with Gasteiger partial charge in [0.15, 0.2) is 5.60 Å². The average molecular weight is 423 g/mol. The maximum Gasteiger partial charge on any atom is 0.343 e. The van der Waals surface area contributed by atoms with Crippen molar-refractivity contribution in [3.63, 3.8) is 0 Å². The minimum absolute atomic E-state index is 0.0669. The predicted molar refractivity (Wildman–Crippen MR) is 112 cm³/mol. The molecule has 0 bridgehead atoms. The summed E-state index contributed by atoms with van der Waals surface area (Å²) in [5, 5.41) is 11.8. The molecule has 0 saturated carbocycles. The molecule has 160 valence electrons. The Morgan fingerprint density at radius 2 is 2.00 bits per heavy atom. The largest absolute Gasteiger partial charge is 0.458 e. The summed E-state index contributed by atoms with van der Waals surface area (Å²) in [6, 6.07) is 3.03. The summed E-state index contributed by atoms with van der Waals surface area (Å²) in [5.41, 5.74) is 8.79. The van der Waals surface area contributed by atoms with Crippen LogP contribution in [0.15, 0.2) is 16.9 Å². The minimum atomic E-state index is -1.89. The highest BCUT2D eigenvalue weighted by Gasteiger charge is 2.45. The van der Waals surface area contributed by atoms with E-state index in [0.717, 1.165) is 22.1 Å². The molecule has 0 spiro atoms. The number of rotatable bonds is 2. The second-order valence-corrected chi connectivity index (χ2v) is 8.23. The van der Waals surface area contributed by atoms with E-state index in [1.165, 1.54) is 6.07 Å². The van der Waals surface area contributed by atoms with Crippen molar-refractivity contribution in [1.29, 1.82) is 0 Å². The molecule has 1 atom stereocenters. The number of hydrogen-bond donors (Lipinski definition) is 2. The van der Waals surface area contributed by atoms with Crippen molar-refractivity contribution in [2.45, 2.75) is 52.5 Å². The third-order valence-electron chi connectivity index (χ3n) is 6.81. The number of aryl methyl sites for hydroxylation is 1. The summed E-state index contributed by atoms with van der Waals surface area (Å²) in [4.78, 5) is 30.3. The lowest BCUT2D eigenvalue weighted by atomic mass is 9.86. The molecule has 0 unspecified atom stereocenters. The number of ether oxygens (including phenoxy) is 1. The molecule has 0 radical (unpaired) electrons. The number of aromatic nitrogens is 2. The SMILES string of the molecule is CC[C@@]1(O)C(=O)OCc2c1cc1n(c2=O)Cc2c-1nc1cc(F)c(C)c(C)c1c2CN. The molecule has 3 aromatic rings. The molecule has 2 aliphatic heterocycles. The van der Waals surface area contributed by atoms with E-state index in [4.69, 9.17) is 15.5 Å². The fourth-order valence-electron chi connectivity index (χ4n) is 4.83. The van der Waals surface area contributed by atoms with E-state index in [0.29, 0.717) is 22.5 Å². The Labute approximate surface area is 177 Å². The van der Waals surface area contributed by atoms with Gasteiger partial charge in [0.05, 0.1) is 29.0 Å². The average Bonchev–Trinajstić information content (AvgIpc) is 3.12. The Balaban J connectivity index is 1.86. The molecule has 0 fully saturated rings. The van der Waals surface area contributed by atoms with E-state index in [-0.39, 0.29) is 48.6 Å². The Morgan fingerprint density at radius 1 is 1.26 bits per heavy atom. The third kappa shape index (κ3) is 2.43. The first kappa shape index (κ1) is 19.8. The van der Waals surface area contributed by atoms with Crippen LogP contribution in [0.25, 0.3) is 22.3 Å². The lowest BCUT2D eigenvalue weighted by molar-refractivity contribution is -0.172. The maximum atomic E-state index is 14.5. The summed E-state index contributed by atoms with van der Waals surface area (Å²) >= 11 is 0. The Hall–Kier alpha value is -3.10. The number of nitrogens with two attached hydrogens (primary N) is 1. The van der Waals surface area contributed by atoms with Crippen molar-refractivity contribution in [3.8, 4) is 11.4 Å². The van der Waals surface area contributed by atoms with Gasteiger partial charge in [-0.05, 0) is 43.0 Å². The molecule has 8 heteroatoms. The molecule has 0 amide bonds. The number of esters is 1. The van der Waals surface area contributed by atoms with Gasteiger partial charge >= 0.3 is 5.97 Å². The van der Waals surface area contributed by atoms with Crippen LogP contribution in [-0.2, 0) is 34.8 Å². The van der Waals surface area contributed by atoms with Crippen LogP contribution >= 0.6 is 0 Å². The Kier molecular flexibility index (Phi) is 4.13. The smallest absolute Gasteiger partial charge is 0.343 e. The van der Waals surface area contributed by atoms with Gasteiger partial charge in [0.25, 0.3) is 5.56 Å². The third-order valence-corrected chi connectivity index (χ3v) is 6.81. The van der Waals surface area contributed by atoms with Crippen LogP contribution in [-0.4, -0.2) is 20.6 Å². The molecular formula is C23H22FN3O4. The number of aliphatic hydroxyl groups is 1. The van der Waals surface area contributed by atoms with Crippen molar-refractivity contribution >= 4 is 16.9 Å². The highest BCUT2D eigenvalue weighted by molar-refractivity contribution is 5.92. The zero-order valence-corrected chi connectivity index (χ0v) is 17.5. The minimum Gasteiger partial charge on any atom is -0.458 e. The summed E-state index contributed by atoms with van der Waals surface area (Å²) in [6.45, 7) is 5.49. The van der Waals surface area contributed by atoms with Crippen molar-refractivity contribution in [1.82, 2.24) is 9.55 Å². The van der Waals surface area contributed by atoms with Crippen LogP contribution < -0.4 is 11.3 Å². The van der Waals surface area contributed by atoms with E-state index >= 15 is 0 Å². The van der Waals surface area contributed by atoms with Gasteiger partial charge in [-0.1, -0.05) is 6.92 Å². The predicted octanol–water partition coefficient (Wildman–Crippen LogP) is 2.29. The summed E-state index contributed by atoms with van der Waals surface area (Å²) in [7, 11) is 0. The van der Waals surface area contributed by atoms with Gasteiger partial charge in [0, 0.05) is 29.1 Å². The highest BCUT2D eigenvalue weighted by Crippen LogP contribution is 2.41. The normalized spacial score (nSPS) is 19.2. The number of nitrogens with zero attached hydrogens (tertiary/aromatic N) is 2. The second-order valence-electron chi connectivity index (χ2n) is 8.23. The number of carbonyl (C=O) groups excluding carboxylic acids is 1. The summed E-state index contributed by atoms with van der Waals surface area (Å²) in [5.74, 6) is -1.13. The van der Waals surface area contributed by atoms with Gasteiger partial charge in [-0.25, -0.2) is 14.2 Å². The first-order valence-corrected chi connectivity index (χ1v) is 10.2. The van der Waals surface area contributed by atoms with Crippen molar-refractivity contribution in [2.24, 2.45) is 5.73 Å². The monoisotopic (exact) mass is 423 g/mol. The number of cyclic esters (lactones) is 1. The molecule has 31 heavy (non-hydrogen) atoms. The van der Waals surface area contributed by atoms with Gasteiger partial charge < -0.3 is 20.1 Å². The topological polar surface area (TPSA) is 107 Å². The molecule has 0 aliphatic carbocycles. The van der Waals surface area contributed by atoms with Crippen LogP contribution in [0.5, 0.6) is 0 Å². The summed E-state index contributed by atoms with van der Waals surface area (Å²) < 4.78 is 21.1. The molecule has 4 heterocycles. The number of fused-ring (bicyclic) bond motifs is 5. The molecule has 2 aromatic heterocycles. The van der Waals surface area contributed by atoms with Crippen LogP contribution in [0.4, 0.5) is 4.39 Å². The molecule has 1 aromatic carbocycles. The van der Waals surface area contributed by atoms with Crippen molar-refractivity contribution < 1.29 is 19.0 Å². The quantitative estimate of drug-likeness (QED) is 0.479. The van der Waals surface area contributed by atoms with Gasteiger partial charge in [-0.15, -0.1) is 0 Å². The molecule has 3 N–H and O–H groups in total. The Morgan fingerprint density at radius 3 is 2.68 bits per heavy atom. The number of pyridine rings is 2. The highest BCUT2D eigenvalue weighted by atomic mass is 19.1. The van der Waals surface area contributed by atoms with Crippen LogP contribution in [0.1, 0.15) is 46.7 Å². The molecular weight excluding hydrogens is 401 g/mol. The molecule has 5 rings (SSSR count). The molecule has 0 saturated heterocycles. The maximum absolute atomic E-state index is 14.5. The lowest BCUT2D eigenvalue weighted by Crippen LogP contribution is -2.44. The molecule has 7 nitrogen and oxygen atoms in total. The van der Waals surface area contributed by atoms with Crippen LogP contribution in [0.3, 0.4) is 0 Å². The standard InChI is InChI=1S/C23H22FN3O4/c1-4-23(30)15-5-18-20-13(8-27(18)21(28)14(15)9-31-22(23)29)12(7-25)19-11(3)10(2)16(24)6-17(19)26-20/h5-6,30H,4,7-9,25H2,1-3H3/t23-/m0/s1. The first-order valence-electron chi connectivity index (χ1n) is 10.2. The van der Waals surface area contributed by atoms with Crippen molar-refractivity contribution in [2.75, 3.05) is 0 Å². The lowest BCUT2D eigenvalue weighted by Gasteiger charge is -2.31. The number of benzene rings is 1. The zero-order valence-electron chi connectivity index (χ0n) is 17.5. The van der Waals surface area contributed by atoms with Crippen LogP contribution in [0, 0.1) is 19.7 Å². The van der Waals surface area contributed by atoms with E-state index in [2.05, 4.69) is 0 Å². The number of carbonyl (C=O) groups is 1. The van der Waals surface area contributed by atoms with Gasteiger partial charge in [0.1, 0.15) is 12.4 Å². The van der Waals surface area contributed by atoms with E-state index < -0.39 is 11.6 Å².